The molecule has 5 nitrogen and oxygen atoms in total. The van der Waals surface area contributed by atoms with Gasteiger partial charge in [-0.15, -0.1) is 0 Å². The number of carbonyl (C=O) groups excluding carboxylic acids is 2. The second-order valence-corrected chi connectivity index (χ2v) is 6.46. The Balaban J connectivity index is 1.69. The number of nitrogens with one attached hydrogen (secondary N) is 2. The molecule has 2 amide bonds. The van der Waals surface area contributed by atoms with E-state index in [1.807, 2.05) is 32.0 Å². The molecule has 1 aliphatic heterocycles. The van der Waals surface area contributed by atoms with E-state index in [2.05, 4.69) is 10.6 Å². The Morgan fingerprint density at radius 1 is 1.15 bits per heavy atom. The molecule has 0 radical (unpaired) electrons. The lowest BCUT2D eigenvalue weighted by atomic mass is 10.1. The smallest absolute Gasteiger partial charge is 0.253 e. The van der Waals surface area contributed by atoms with Crippen molar-refractivity contribution in [2.45, 2.75) is 26.3 Å². The third-order valence-corrected chi connectivity index (χ3v) is 3.99. The van der Waals surface area contributed by atoms with Crippen molar-refractivity contribution in [3.8, 4) is 5.75 Å². The van der Waals surface area contributed by atoms with Gasteiger partial charge in [0.05, 0.1) is 17.9 Å². The zero-order valence-corrected chi connectivity index (χ0v) is 14.9. The van der Waals surface area contributed by atoms with Crippen LogP contribution in [0.25, 0.3) is 6.08 Å². The quantitative estimate of drug-likeness (QED) is 0.812. The number of carbonyl (C=O) groups is 2. The summed E-state index contributed by atoms with van der Waals surface area (Å²) in [5, 5.41) is 5.61. The SMILES string of the molecule is CC(C)NC(=O)c1ccccc1NC(=O)/C=C/c1ccc2c(c1)CCO2. The van der Waals surface area contributed by atoms with Gasteiger partial charge in [0.15, 0.2) is 0 Å². The molecular weight excluding hydrogens is 328 g/mol. The van der Waals surface area contributed by atoms with Crippen molar-refractivity contribution in [3.63, 3.8) is 0 Å². The summed E-state index contributed by atoms with van der Waals surface area (Å²) in [4.78, 5) is 24.5. The molecule has 0 saturated carbocycles. The van der Waals surface area contributed by atoms with Crippen molar-refractivity contribution in [3.05, 3.63) is 65.2 Å². The Kier molecular flexibility index (Phi) is 5.37. The first-order valence-electron chi connectivity index (χ1n) is 8.67. The molecule has 0 fully saturated rings. The van der Waals surface area contributed by atoms with Gasteiger partial charge in [0.2, 0.25) is 5.91 Å². The van der Waals surface area contributed by atoms with Gasteiger partial charge in [-0.05, 0) is 55.3 Å². The summed E-state index contributed by atoms with van der Waals surface area (Å²) < 4.78 is 5.48. The molecule has 0 saturated heterocycles. The summed E-state index contributed by atoms with van der Waals surface area (Å²) in [6.07, 6.45) is 4.11. The van der Waals surface area contributed by atoms with E-state index in [4.69, 9.17) is 4.74 Å². The highest BCUT2D eigenvalue weighted by Gasteiger charge is 2.13. The average Bonchev–Trinajstić information content (AvgIpc) is 3.07. The minimum absolute atomic E-state index is 0.0231. The van der Waals surface area contributed by atoms with Crippen LogP contribution < -0.4 is 15.4 Å². The minimum atomic E-state index is -0.286. The maximum absolute atomic E-state index is 12.3. The average molecular weight is 350 g/mol. The Bertz CT molecular complexity index is 856. The monoisotopic (exact) mass is 350 g/mol. The van der Waals surface area contributed by atoms with Crippen LogP contribution in [0, 0.1) is 0 Å². The topological polar surface area (TPSA) is 67.4 Å². The van der Waals surface area contributed by atoms with E-state index < -0.39 is 0 Å². The van der Waals surface area contributed by atoms with E-state index in [1.54, 1.807) is 30.3 Å². The zero-order valence-electron chi connectivity index (χ0n) is 14.9. The molecule has 0 aliphatic carbocycles. The third kappa shape index (κ3) is 4.30. The largest absolute Gasteiger partial charge is 0.493 e. The van der Waals surface area contributed by atoms with Crippen LogP contribution in [-0.2, 0) is 11.2 Å². The fourth-order valence-corrected chi connectivity index (χ4v) is 2.79. The normalized spacial score (nSPS) is 12.7. The van der Waals surface area contributed by atoms with Crippen LogP contribution in [0.15, 0.2) is 48.5 Å². The molecule has 2 aromatic carbocycles. The molecular formula is C21H22N2O3. The molecule has 5 heteroatoms. The molecule has 1 heterocycles. The van der Waals surface area contributed by atoms with Crippen molar-refractivity contribution in [2.75, 3.05) is 11.9 Å². The Labute approximate surface area is 153 Å². The molecule has 2 aromatic rings. The summed E-state index contributed by atoms with van der Waals surface area (Å²) in [6.45, 7) is 4.49. The molecule has 0 aromatic heterocycles. The molecule has 1 aliphatic rings. The van der Waals surface area contributed by atoms with Crippen molar-refractivity contribution in [2.24, 2.45) is 0 Å². The first kappa shape index (κ1) is 17.7. The number of hydrogen-bond acceptors (Lipinski definition) is 3. The fraction of sp³-hybridized carbons (Fsp3) is 0.238. The number of hydrogen-bond donors (Lipinski definition) is 2. The first-order valence-corrected chi connectivity index (χ1v) is 8.67. The number of benzene rings is 2. The van der Waals surface area contributed by atoms with Crippen molar-refractivity contribution in [1.82, 2.24) is 5.32 Å². The summed E-state index contributed by atoms with van der Waals surface area (Å²) in [6, 6.07) is 12.8. The van der Waals surface area contributed by atoms with Crippen LogP contribution in [0.5, 0.6) is 5.75 Å². The van der Waals surface area contributed by atoms with Crippen LogP contribution in [0.4, 0.5) is 5.69 Å². The molecule has 0 atom stereocenters. The van der Waals surface area contributed by atoms with Gasteiger partial charge in [0.1, 0.15) is 5.75 Å². The molecule has 0 spiro atoms. The van der Waals surface area contributed by atoms with Gasteiger partial charge in [-0.3, -0.25) is 9.59 Å². The van der Waals surface area contributed by atoms with Crippen LogP contribution in [-0.4, -0.2) is 24.5 Å². The lowest BCUT2D eigenvalue weighted by Gasteiger charge is -2.12. The molecule has 0 unspecified atom stereocenters. The fourth-order valence-electron chi connectivity index (χ4n) is 2.79. The number of amides is 2. The second kappa shape index (κ2) is 7.87. The van der Waals surface area contributed by atoms with Gasteiger partial charge < -0.3 is 15.4 Å². The van der Waals surface area contributed by atoms with Crippen LogP contribution in [0.2, 0.25) is 0 Å². The van der Waals surface area contributed by atoms with E-state index in [0.717, 1.165) is 23.3 Å². The third-order valence-electron chi connectivity index (χ3n) is 3.99. The van der Waals surface area contributed by atoms with Crippen molar-refractivity contribution < 1.29 is 14.3 Å². The lowest BCUT2D eigenvalue weighted by molar-refractivity contribution is -0.111. The molecule has 2 N–H and O–H groups in total. The molecule has 134 valence electrons. The number of fused-ring (bicyclic) bond motifs is 1. The number of ether oxygens (including phenoxy) is 1. The minimum Gasteiger partial charge on any atom is -0.493 e. The van der Waals surface area contributed by atoms with E-state index in [1.165, 1.54) is 6.08 Å². The standard InChI is InChI=1S/C21H22N2O3/c1-14(2)22-21(25)17-5-3-4-6-18(17)23-20(24)10-8-15-7-9-19-16(13-15)11-12-26-19/h3-10,13-14H,11-12H2,1-2H3,(H,22,25)(H,23,24)/b10-8+. The van der Waals surface area contributed by atoms with Gasteiger partial charge in [-0.1, -0.05) is 18.2 Å². The first-order chi connectivity index (χ1) is 12.5. The Morgan fingerprint density at radius 2 is 1.96 bits per heavy atom. The number of rotatable bonds is 5. The van der Waals surface area contributed by atoms with Crippen molar-refractivity contribution >= 4 is 23.6 Å². The maximum Gasteiger partial charge on any atom is 0.253 e. The second-order valence-electron chi connectivity index (χ2n) is 6.46. The van der Waals surface area contributed by atoms with E-state index >= 15 is 0 Å². The van der Waals surface area contributed by atoms with Gasteiger partial charge in [-0.25, -0.2) is 0 Å². The highest BCUT2D eigenvalue weighted by molar-refractivity contribution is 6.07. The summed E-state index contributed by atoms with van der Waals surface area (Å²) in [5.74, 6) is 0.418. The number of para-hydroxylation sites is 1. The summed E-state index contributed by atoms with van der Waals surface area (Å²) in [5.41, 5.74) is 3.03. The zero-order chi connectivity index (χ0) is 18.5. The highest BCUT2D eigenvalue weighted by Crippen LogP contribution is 2.26. The molecule has 0 bridgehead atoms. The van der Waals surface area contributed by atoms with Gasteiger partial charge >= 0.3 is 0 Å². The maximum atomic E-state index is 12.3. The van der Waals surface area contributed by atoms with Crippen molar-refractivity contribution in [1.29, 1.82) is 0 Å². The van der Waals surface area contributed by atoms with E-state index in [-0.39, 0.29) is 17.9 Å². The van der Waals surface area contributed by atoms with E-state index in [0.29, 0.717) is 17.9 Å². The predicted molar refractivity (Wildman–Crippen MR) is 102 cm³/mol. The van der Waals surface area contributed by atoms with Gasteiger partial charge in [-0.2, -0.15) is 0 Å². The summed E-state index contributed by atoms with van der Waals surface area (Å²) in [7, 11) is 0. The van der Waals surface area contributed by atoms with Crippen LogP contribution >= 0.6 is 0 Å². The summed E-state index contributed by atoms with van der Waals surface area (Å²) >= 11 is 0. The number of anilines is 1. The van der Waals surface area contributed by atoms with Gasteiger partial charge in [0, 0.05) is 18.5 Å². The Hall–Kier alpha value is -3.08. The Morgan fingerprint density at radius 3 is 2.77 bits per heavy atom. The predicted octanol–water partition coefficient (Wildman–Crippen LogP) is 3.41. The molecule has 3 rings (SSSR count). The van der Waals surface area contributed by atoms with Crippen LogP contribution in [0.3, 0.4) is 0 Å². The molecule has 26 heavy (non-hydrogen) atoms. The van der Waals surface area contributed by atoms with E-state index in [9.17, 15) is 9.59 Å². The highest BCUT2D eigenvalue weighted by atomic mass is 16.5. The lowest BCUT2D eigenvalue weighted by Crippen LogP contribution is -2.30. The van der Waals surface area contributed by atoms with Crippen LogP contribution in [0.1, 0.15) is 35.3 Å². The van der Waals surface area contributed by atoms with Gasteiger partial charge in [0.25, 0.3) is 5.91 Å².